The highest BCUT2D eigenvalue weighted by Crippen LogP contribution is 2.29. The molecule has 4 nitrogen and oxygen atoms in total. The van der Waals surface area contributed by atoms with Crippen molar-refractivity contribution in [2.45, 2.75) is 51.4 Å². The third kappa shape index (κ3) is 4.09. The van der Waals surface area contributed by atoms with E-state index in [-0.39, 0.29) is 24.2 Å². The second kappa shape index (κ2) is 7.97. The molecule has 0 saturated carbocycles. The zero-order valence-corrected chi connectivity index (χ0v) is 13.5. The van der Waals surface area contributed by atoms with Crippen LogP contribution in [0.3, 0.4) is 0 Å². The maximum atomic E-state index is 12.0. The van der Waals surface area contributed by atoms with Gasteiger partial charge in [-0.25, -0.2) is 0 Å². The molecule has 1 atom stereocenters. The van der Waals surface area contributed by atoms with Gasteiger partial charge in [0, 0.05) is 13.5 Å². The lowest BCUT2D eigenvalue weighted by atomic mass is 9.97. The number of carbonyl (C=O) groups is 2. The van der Waals surface area contributed by atoms with Crippen molar-refractivity contribution in [2.24, 2.45) is 0 Å². The minimum atomic E-state index is -0.333. The van der Waals surface area contributed by atoms with E-state index in [9.17, 15) is 9.59 Å². The number of unbranched alkanes of at least 4 members (excludes halogenated alkanes) is 4. The summed E-state index contributed by atoms with van der Waals surface area (Å²) < 4.78 is 5.71. The lowest BCUT2D eigenvalue weighted by Gasteiger charge is -2.10. The van der Waals surface area contributed by atoms with Crippen LogP contribution in [0, 0.1) is 0 Å². The second-order valence-electron chi connectivity index (χ2n) is 5.88. The highest BCUT2D eigenvalue weighted by atomic mass is 16.5. The van der Waals surface area contributed by atoms with E-state index < -0.39 is 0 Å². The van der Waals surface area contributed by atoms with Gasteiger partial charge in [-0.05, 0) is 24.1 Å². The van der Waals surface area contributed by atoms with Crippen LogP contribution in [-0.4, -0.2) is 30.4 Å². The Balaban J connectivity index is 1.81. The number of likely N-dealkylation sites (tertiary alicyclic amines) is 1. The first-order chi connectivity index (χ1) is 10.6. The topological polar surface area (TPSA) is 46.6 Å². The molecule has 0 N–H and O–H groups in total. The normalized spacial score (nSPS) is 18.1. The van der Waals surface area contributed by atoms with Crippen molar-refractivity contribution in [1.82, 2.24) is 4.90 Å². The van der Waals surface area contributed by atoms with Crippen molar-refractivity contribution in [1.29, 1.82) is 0 Å². The summed E-state index contributed by atoms with van der Waals surface area (Å²) in [6.45, 7) is 2.94. The van der Waals surface area contributed by atoms with Crippen LogP contribution in [-0.2, 0) is 9.59 Å². The standard InChI is InChI=1S/C18H25NO3/c1-3-4-5-6-7-12-22-15-10-8-14(9-11-15)16-13-17(20)19(2)18(16)21/h8-11,16H,3-7,12-13H2,1-2H3/t16-/m0/s1. The van der Waals surface area contributed by atoms with Crippen LogP contribution in [0.1, 0.15) is 56.9 Å². The van der Waals surface area contributed by atoms with Crippen LogP contribution < -0.4 is 4.74 Å². The number of amides is 2. The zero-order chi connectivity index (χ0) is 15.9. The number of ether oxygens (including phenoxy) is 1. The minimum absolute atomic E-state index is 0.109. The molecule has 0 unspecified atom stereocenters. The summed E-state index contributed by atoms with van der Waals surface area (Å²) in [5.74, 6) is 0.266. The maximum Gasteiger partial charge on any atom is 0.236 e. The summed E-state index contributed by atoms with van der Waals surface area (Å²) in [7, 11) is 1.54. The molecular weight excluding hydrogens is 278 g/mol. The van der Waals surface area contributed by atoms with Gasteiger partial charge in [-0.15, -0.1) is 0 Å². The summed E-state index contributed by atoms with van der Waals surface area (Å²) in [5.41, 5.74) is 0.887. The van der Waals surface area contributed by atoms with E-state index in [0.717, 1.165) is 24.3 Å². The summed E-state index contributed by atoms with van der Waals surface area (Å²) in [6, 6.07) is 7.55. The van der Waals surface area contributed by atoms with Gasteiger partial charge in [0.25, 0.3) is 0 Å². The minimum Gasteiger partial charge on any atom is -0.494 e. The van der Waals surface area contributed by atoms with Crippen LogP contribution in [0.4, 0.5) is 0 Å². The van der Waals surface area contributed by atoms with Gasteiger partial charge in [-0.2, -0.15) is 0 Å². The van der Waals surface area contributed by atoms with Gasteiger partial charge in [-0.1, -0.05) is 44.7 Å². The molecule has 0 radical (unpaired) electrons. The van der Waals surface area contributed by atoms with Crippen molar-refractivity contribution in [3.05, 3.63) is 29.8 Å². The Morgan fingerprint density at radius 3 is 2.36 bits per heavy atom. The predicted molar refractivity (Wildman–Crippen MR) is 85.8 cm³/mol. The van der Waals surface area contributed by atoms with E-state index >= 15 is 0 Å². The third-order valence-corrected chi connectivity index (χ3v) is 4.18. The SMILES string of the molecule is CCCCCCCOc1ccc([C@@H]2CC(=O)N(C)C2=O)cc1. The van der Waals surface area contributed by atoms with E-state index in [1.807, 2.05) is 24.3 Å². The number of rotatable bonds is 8. The first-order valence-electron chi connectivity index (χ1n) is 8.16. The Morgan fingerprint density at radius 2 is 1.77 bits per heavy atom. The Labute approximate surface area is 132 Å². The molecule has 1 fully saturated rings. The van der Waals surface area contributed by atoms with Crippen LogP contribution in [0.5, 0.6) is 5.75 Å². The van der Waals surface area contributed by atoms with Gasteiger partial charge < -0.3 is 4.74 Å². The van der Waals surface area contributed by atoms with E-state index in [1.54, 1.807) is 7.05 Å². The molecule has 0 aromatic heterocycles. The number of hydrogen-bond acceptors (Lipinski definition) is 3. The Morgan fingerprint density at radius 1 is 1.09 bits per heavy atom. The van der Waals surface area contributed by atoms with Gasteiger partial charge in [0.1, 0.15) is 5.75 Å². The molecule has 2 amide bonds. The predicted octanol–water partition coefficient (Wildman–Crippen LogP) is 3.51. The smallest absolute Gasteiger partial charge is 0.236 e. The maximum absolute atomic E-state index is 12.0. The summed E-state index contributed by atoms with van der Waals surface area (Å²) in [4.78, 5) is 24.8. The largest absolute Gasteiger partial charge is 0.494 e. The number of imide groups is 1. The highest BCUT2D eigenvalue weighted by Gasteiger charge is 2.36. The van der Waals surface area contributed by atoms with E-state index in [4.69, 9.17) is 4.74 Å². The summed E-state index contributed by atoms with van der Waals surface area (Å²) in [5, 5.41) is 0. The zero-order valence-electron chi connectivity index (χ0n) is 13.5. The molecule has 1 saturated heterocycles. The highest BCUT2D eigenvalue weighted by molar-refractivity contribution is 6.05. The summed E-state index contributed by atoms with van der Waals surface area (Å²) in [6.07, 6.45) is 6.35. The first kappa shape index (κ1) is 16.5. The summed E-state index contributed by atoms with van der Waals surface area (Å²) >= 11 is 0. The van der Waals surface area contributed by atoms with Crippen molar-refractivity contribution in [3.8, 4) is 5.75 Å². The fraction of sp³-hybridized carbons (Fsp3) is 0.556. The molecule has 22 heavy (non-hydrogen) atoms. The van der Waals surface area contributed by atoms with E-state index in [0.29, 0.717) is 0 Å². The molecule has 1 aromatic carbocycles. The van der Waals surface area contributed by atoms with E-state index in [2.05, 4.69) is 6.92 Å². The third-order valence-electron chi connectivity index (χ3n) is 4.18. The van der Waals surface area contributed by atoms with Gasteiger partial charge in [0.15, 0.2) is 0 Å². The van der Waals surface area contributed by atoms with Crippen molar-refractivity contribution >= 4 is 11.8 Å². The van der Waals surface area contributed by atoms with Crippen LogP contribution >= 0.6 is 0 Å². The molecule has 0 aliphatic carbocycles. The first-order valence-corrected chi connectivity index (χ1v) is 8.16. The lowest BCUT2D eigenvalue weighted by Crippen LogP contribution is -2.25. The van der Waals surface area contributed by atoms with Gasteiger partial charge >= 0.3 is 0 Å². The average Bonchev–Trinajstić information content (AvgIpc) is 2.79. The number of nitrogens with zero attached hydrogens (tertiary/aromatic N) is 1. The molecule has 1 aliphatic heterocycles. The van der Waals surface area contributed by atoms with Gasteiger partial charge in [0.2, 0.25) is 11.8 Å². The fourth-order valence-corrected chi connectivity index (χ4v) is 2.71. The average molecular weight is 303 g/mol. The molecule has 0 bridgehead atoms. The van der Waals surface area contributed by atoms with Crippen molar-refractivity contribution in [3.63, 3.8) is 0 Å². The van der Waals surface area contributed by atoms with Crippen molar-refractivity contribution < 1.29 is 14.3 Å². The molecule has 120 valence electrons. The molecule has 1 heterocycles. The Hall–Kier alpha value is -1.84. The number of carbonyl (C=O) groups excluding carboxylic acids is 2. The van der Waals surface area contributed by atoms with Crippen LogP contribution in [0.15, 0.2) is 24.3 Å². The van der Waals surface area contributed by atoms with E-state index in [1.165, 1.54) is 30.6 Å². The van der Waals surface area contributed by atoms with Crippen molar-refractivity contribution in [2.75, 3.05) is 13.7 Å². The van der Waals surface area contributed by atoms with Crippen LogP contribution in [0.25, 0.3) is 0 Å². The quantitative estimate of drug-likeness (QED) is 0.545. The van der Waals surface area contributed by atoms with Gasteiger partial charge in [0.05, 0.1) is 12.5 Å². The number of hydrogen-bond donors (Lipinski definition) is 0. The molecule has 4 heteroatoms. The van der Waals surface area contributed by atoms with Gasteiger partial charge in [-0.3, -0.25) is 14.5 Å². The number of benzene rings is 1. The lowest BCUT2D eigenvalue weighted by molar-refractivity contribution is -0.137. The molecule has 1 aromatic rings. The molecular formula is C18H25NO3. The monoisotopic (exact) mass is 303 g/mol. The molecule has 0 spiro atoms. The second-order valence-corrected chi connectivity index (χ2v) is 5.88. The molecule has 1 aliphatic rings. The van der Waals surface area contributed by atoms with Crippen LogP contribution in [0.2, 0.25) is 0 Å². The molecule has 2 rings (SSSR count). The Kier molecular flexibility index (Phi) is 5.99. The number of likely N-dealkylation sites (N-methyl/N-ethyl adjacent to an activating group) is 1. The Bertz CT molecular complexity index is 510. The fourth-order valence-electron chi connectivity index (χ4n) is 2.71.